The molecule has 1 aromatic carbocycles. The average Bonchev–Trinajstić information content (AvgIpc) is 2.53. The van der Waals surface area contributed by atoms with E-state index in [1.807, 2.05) is 6.07 Å². The molecule has 0 fully saturated rings. The summed E-state index contributed by atoms with van der Waals surface area (Å²) in [6, 6.07) is 12.0. The molecule has 6 heteroatoms. The Bertz CT molecular complexity index is 662. The van der Waals surface area contributed by atoms with Crippen LogP contribution in [0.2, 0.25) is 0 Å². The molecule has 106 valence electrons. The van der Waals surface area contributed by atoms with Crippen molar-refractivity contribution in [1.82, 2.24) is 4.98 Å². The average molecular weight is 282 g/mol. The molecule has 0 atom stereocenters. The van der Waals surface area contributed by atoms with Crippen molar-refractivity contribution in [3.63, 3.8) is 0 Å². The molecular weight excluding hydrogens is 268 g/mol. The Morgan fingerprint density at radius 2 is 2.24 bits per heavy atom. The van der Waals surface area contributed by atoms with Crippen LogP contribution in [-0.4, -0.2) is 24.0 Å². The first-order valence-electron chi connectivity index (χ1n) is 6.33. The number of nitrogens with one attached hydrogen (secondary N) is 1. The number of carbonyl (C=O) groups is 1. The predicted octanol–water partition coefficient (Wildman–Crippen LogP) is 1.54. The number of rotatable bonds is 5. The zero-order valence-corrected chi connectivity index (χ0v) is 11.2. The Balaban J connectivity index is 2.06. The number of ether oxygens (including phenoxy) is 1. The SMILES string of the molecule is N#Cc1ccc(C(=O)Nc2cccc(OCCN)c2)nc1. The number of nitrogens with zero attached hydrogens (tertiary/aromatic N) is 2. The summed E-state index contributed by atoms with van der Waals surface area (Å²) in [6.07, 6.45) is 1.36. The van der Waals surface area contributed by atoms with E-state index in [0.29, 0.717) is 30.2 Å². The second-order valence-electron chi connectivity index (χ2n) is 4.16. The normalized spacial score (nSPS) is 9.71. The van der Waals surface area contributed by atoms with Gasteiger partial charge in [-0.3, -0.25) is 4.79 Å². The minimum atomic E-state index is -0.351. The number of amides is 1. The lowest BCUT2D eigenvalue weighted by Gasteiger charge is -2.08. The van der Waals surface area contributed by atoms with Gasteiger partial charge in [0.2, 0.25) is 0 Å². The standard InChI is InChI=1S/C15H14N4O2/c16-6-7-21-13-3-1-2-12(8-13)19-15(20)14-5-4-11(9-17)10-18-14/h1-5,8,10H,6-7,16H2,(H,19,20). The van der Waals surface area contributed by atoms with Crippen molar-refractivity contribution in [1.29, 1.82) is 5.26 Å². The number of nitrogens with two attached hydrogens (primary N) is 1. The Hall–Kier alpha value is -2.91. The zero-order chi connectivity index (χ0) is 15.1. The number of anilines is 1. The third-order valence-corrected chi connectivity index (χ3v) is 2.60. The molecule has 0 bridgehead atoms. The minimum absolute atomic E-state index is 0.238. The molecule has 1 heterocycles. The van der Waals surface area contributed by atoms with Crippen LogP contribution < -0.4 is 15.8 Å². The maximum Gasteiger partial charge on any atom is 0.274 e. The lowest BCUT2D eigenvalue weighted by Crippen LogP contribution is -2.14. The fraction of sp³-hybridized carbons (Fsp3) is 0.133. The van der Waals surface area contributed by atoms with Crippen LogP contribution in [0.5, 0.6) is 5.75 Å². The van der Waals surface area contributed by atoms with E-state index in [1.54, 1.807) is 30.3 Å². The Kier molecular flexibility index (Phi) is 4.85. The van der Waals surface area contributed by atoms with Gasteiger partial charge in [0.05, 0.1) is 5.56 Å². The first kappa shape index (κ1) is 14.5. The molecule has 0 aliphatic heterocycles. The molecular formula is C15H14N4O2. The van der Waals surface area contributed by atoms with E-state index in [0.717, 1.165) is 0 Å². The number of benzene rings is 1. The van der Waals surface area contributed by atoms with Gasteiger partial charge in [-0.15, -0.1) is 0 Å². The summed E-state index contributed by atoms with van der Waals surface area (Å²) in [6.45, 7) is 0.834. The maximum absolute atomic E-state index is 12.0. The van der Waals surface area contributed by atoms with E-state index in [1.165, 1.54) is 12.3 Å². The van der Waals surface area contributed by atoms with Crippen molar-refractivity contribution in [2.24, 2.45) is 5.73 Å². The Morgan fingerprint density at radius 3 is 2.90 bits per heavy atom. The molecule has 0 unspecified atom stereocenters. The summed E-state index contributed by atoms with van der Waals surface area (Å²) >= 11 is 0. The highest BCUT2D eigenvalue weighted by Gasteiger charge is 2.08. The minimum Gasteiger partial charge on any atom is -0.492 e. The van der Waals surface area contributed by atoms with Crippen LogP contribution in [0, 0.1) is 11.3 Å². The van der Waals surface area contributed by atoms with Crippen molar-refractivity contribution in [3.05, 3.63) is 53.9 Å². The van der Waals surface area contributed by atoms with Gasteiger partial charge in [0.15, 0.2) is 0 Å². The van der Waals surface area contributed by atoms with Gasteiger partial charge in [-0.2, -0.15) is 5.26 Å². The summed E-state index contributed by atoms with van der Waals surface area (Å²) in [5.74, 6) is 0.279. The Labute approximate surface area is 122 Å². The van der Waals surface area contributed by atoms with Gasteiger partial charge < -0.3 is 15.8 Å². The monoisotopic (exact) mass is 282 g/mol. The van der Waals surface area contributed by atoms with E-state index in [4.69, 9.17) is 15.7 Å². The van der Waals surface area contributed by atoms with Crippen molar-refractivity contribution >= 4 is 11.6 Å². The molecule has 0 saturated carbocycles. The van der Waals surface area contributed by atoms with Gasteiger partial charge in [0, 0.05) is 24.5 Å². The van der Waals surface area contributed by atoms with Gasteiger partial charge in [-0.05, 0) is 24.3 Å². The summed E-state index contributed by atoms with van der Waals surface area (Å²) in [5, 5.41) is 11.4. The summed E-state index contributed by atoms with van der Waals surface area (Å²) < 4.78 is 5.39. The highest BCUT2D eigenvalue weighted by atomic mass is 16.5. The summed E-state index contributed by atoms with van der Waals surface area (Å²) in [7, 11) is 0. The predicted molar refractivity (Wildman–Crippen MR) is 77.9 cm³/mol. The van der Waals surface area contributed by atoms with Crippen LogP contribution in [-0.2, 0) is 0 Å². The number of carbonyl (C=O) groups excluding carboxylic acids is 1. The molecule has 0 aliphatic carbocycles. The zero-order valence-electron chi connectivity index (χ0n) is 11.2. The summed E-state index contributed by atoms with van der Waals surface area (Å²) in [4.78, 5) is 16.0. The largest absolute Gasteiger partial charge is 0.492 e. The van der Waals surface area contributed by atoms with E-state index < -0.39 is 0 Å². The van der Waals surface area contributed by atoms with E-state index in [-0.39, 0.29) is 11.6 Å². The third-order valence-electron chi connectivity index (χ3n) is 2.60. The molecule has 0 saturated heterocycles. The molecule has 0 aliphatic rings. The van der Waals surface area contributed by atoms with Crippen molar-refractivity contribution in [3.8, 4) is 11.8 Å². The second kappa shape index (κ2) is 7.03. The fourth-order valence-corrected chi connectivity index (χ4v) is 1.63. The second-order valence-corrected chi connectivity index (χ2v) is 4.16. The molecule has 0 spiro atoms. The summed E-state index contributed by atoms with van der Waals surface area (Å²) in [5.41, 5.74) is 6.61. The lowest BCUT2D eigenvalue weighted by molar-refractivity contribution is 0.102. The lowest BCUT2D eigenvalue weighted by atomic mass is 10.2. The molecule has 2 rings (SSSR count). The van der Waals surface area contributed by atoms with Crippen molar-refractivity contribution < 1.29 is 9.53 Å². The van der Waals surface area contributed by atoms with Crippen LogP contribution in [0.15, 0.2) is 42.6 Å². The highest BCUT2D eigenvalue weighted by Crippen LogP contribution is 2.17. The molecule has 2 aromatic rings. The van der Waals surface area contributed by atoms with Crippen LogP contribution in [0.1, 0.15) is 16.1 Å². The molecule has 1 aromatic heterocycles. The van der Waals surface area contributed by atoms with Gasteiger partial charge >= 0.3 is 0 Å². The molecule has 1 amide bonds. The highest BCUT2D eigenvalue weighted by molar-refractivity contribution is 6.02. The number of hydrogen-bond donors (Lipinski definition) is 2. The van der Waals surface area contributed by atoms with Crippen LogP contribution in [0.3, 0.4) is 0 Å². The number of pyridine rings is 1. The van der Waals surface area contributed by atoms with E-state index in [9.17, 15) is 4.79 Å². The maximum atomic E-state index is 12.0. The van der Waals surface area contributed by atoms with Gasteiger partial charge in [0.1, 0.15) is 24.1 Å². The number of nitriles is 1. The van der Waals surface area contributed by atoms with Crippen LogP contribution >= 0.6 is 0 Å². The Morgan fingerprint density at radius 1 is 1.38 bits per heavy atom. The van der Waals surface area contributed by atoms with Gasteiger partial charge in [0.25, 0.3) is 5.91 Å². The smallest absolute Gasteiger partial charge is 0.274 e. The first-order chi connectivity index (χ1) is 10.2. The van der Waals surface area contributed by atoms with E-state index >= 15 is 0 Å². The van der Waals surface area contributed by atoms with Gasteiger partial charge in [-0.1, -0.05) is 6.07 Å². The topological polar surface area (TPSA) is 101 Å². The number of aromatic nitrogens is 1. The van der Waals surface area contributed by atoms with Crippen LogP contribution in [0.4, 0.5) is 5.69 Å². The third kappa shape index (κ3) is 4.03. The van der Waals surface area contributed by atoms with Crippen molar-refractivity contribution in [2.75, 3.05) is 18.5 Å². The molecule has 6 nitrogen and oxygen atoms in total. The first-order valence-corrected chi connectivity index (χ1v) is 6.33. The number of hydrogen-bond acceptors (Lipinski definition) is 5. The fourth-order valence-electron chi connectivity index (χ4n) is 1.63. The molecule has 0 radical (unpaired) electrons. The molecule has 21 heavy (non-hydrogen) atoms. The quantitative estimate of drug-likeness (QED) is 0.866. The molecule has 3 N–H and O–H groups in total. The van der Waals surface area contributed by atoms with Gasteiger partial charge in [-0.25, -0.2) is 4.98 Å². The van der Waals surface area contributed by atoms with Crippen LogP contribution in [0.25, 0.3) is 0 Å². The van der Waals surface area contributed by atoms with Crippen molar-refractivity contribution in [2.45, 2.75) is 0 Å². The van der Waals surface area contributed by atoms with E-state index in [2.05, 4.69) is 10.3 Å².